The van der Waals surface area contributed by atoms with Gasteiger partial charge in [-0.3, -0.25) is 14.3 Å². The summed E-state index contributed by atoms with van der Waals surface area (Å²) in [4.78, 5) is 53.8. The number of ether oxygens (including phenoxy) is 1. The van der Waals surface area contributed by atoms with Crippen molar-refractivity contribution >= 4 is 35.3 Å². The molecule has 2 heterocycles. The number of carbonyl (C=O) groups is 4. The molecule has 2 aliphatic rings. The smallest absolute Gasteiger partial charge is 0.418 e. The molecule has 11 nitrogen and oxygen atoms in total. The Morgan fingerprint density at radius 1 is 1.18 bits per heavy atom. The largest absolute Gasteiger partial charge is 0.427 e. The van der Waals surface area contributed by atoms with Crippen LogP contribution in [0.15, 0.2) is 54.9 Å². The Hall–Kier alpha value is -4.74. The molecule has 2 aromatic carbocycles. The molecular weight excluding hydrogens is 495 g/mol. The Bertz CT molecular complexity index is 1440. The van der Waals surface area contributed by atoms with Crippen molar-refractivity contribution in [2.75, 3.05) is 23.8 Å². The maximum atomic E-state index is 13.6. The van der Waals surface area contributed by atoms with Crippen LogP contribution in [-0.4, -0.2) is 52.2 Å². The average Bonchev–Trinajstić information content (AvgIpc) is 3.56. The van der Waals surface area contributed by atoms with Crippen molar-refractivity contribution in [2.45, 2.75) is 25.0 Å². The highest BCUT2D eigenvalue weighted by atomic mass is 19.1. The summed E-state index contributed by atoms with van der Waals surface area (Å²) in [6.07, 6.45) is 2.89. The zero-order valence-electron chi connectivity index (χ0n) is 20.7. The Balaban J connectivity index is 1.38. The molecule has 5 rings (SSSR count). The molecule has 1 aromatic heterocycles. The molecular formula is C26H25FN6O5. The van der Waals surface area contributed by atoms with E-state index in [9.17, 15) is 23.6 Å². The van der Waals surface area contributed by atoms with Gasteiger partial charge in [-0.25, -0.2) is 18.9 Å². The lowest BCUT2D eigenvalue weighted by Gasteiger charge is -2.24. The van der Waals surface area contributed by atoms with E-state index < -0.39 is 35.9 Å². The van der Waals surface area contributed by atoms with Gasteiger partial charge in [0.25, 0.3) is 5.91 Å². The van der Waals surface area contributed by atoms with Crippen molar-refractivity contribution < 1.29 is 28.3 Å². The van der Waals surface area contributed by atoms with Crippen LogP contribution >= 0.6 is 0 Å². The van der Waals surface area contributed by atoms with Crippen LogP contribution in [0.1, 0.15) is 23.1 Å². The molecule has 196 valence electrons. The molecule has 38 heavy (non-hydrogen) atoms. The molecule has 1 spiro atoms. The van der Waals surface area contributed by atoms with Gasteiger partial charge in [-0.15, -0.1) is 0 Å². The number of aromatic nitrogens is 2. The predicted molar refractivity (Wildman–Crippen MR) is 134 cm³/mol. The van der Waals surface area contributed by atoms with E-state index in [0.717, 1.165) is 10.5 Å². The van der Waals surface area contributed by atoms with Gasteiger partial charge < -0.3 is 20.3 Å². The second-order valence-electron chi connectivity index (χ2n) is 9.14. The number of hydrogen-bond donors (Lipinski definition) is 2. The molecule has 1 atom stereocenters. The molecule has 1 aliphatic carbocycles. The summed E-state index contributed by atoms with van der Waals surface area (Å²) < 4.78 is 20.6. The number of halogens is 1. The highest BCUT2D eigenvalue weighted by molar-refractivity contribution is 6.08. The first-order valence-corrected chi connectivity index (χ1v) is 11.9. The fourth-order valence-corrected chi connectivity index (χ4v) is 4.79. The van der Waals surface area contributed by atoms with Gasteiger partial charge in [0.15, 0.2) is 0 Å². The number of aryl methyl sites for hydroxylation is 2. The molecule has 5 amide bonds. The highest BCUT2D eigenvalue weighted by Gasteiger charge is 2.58. The van der Waals surface area contributed by atoms with Crippen LogP contribution in [0.5, 0.6) is 0 Å². The number of nitrogens with one attached hydrogen (secondary N) is 2. The van der Waals surface area contributed by atoms with Gasteiger partial charge in [-0.2, -0.15) is 5.10 Å². The lowest BCUT2D eigenvalue weighted by molar-refractivity contribution is -0.139. The van der Waals surface area contributed by atoms with Crippen LogP contribution in [0.3, 0.4) is 0 Å². The lowest BCUT2D eigenvalue weighted by Crippen LogP contribution is -2.44. The first kappa shape index (κ1) is 24.9. The van der Waals surface area contributed by atoms with E-state index in [1.807, 2.05) is 0 Å². The number of nitrogens with zero attached hydrogens (tertiary/aromatic N) is 4. The molecule has 1 saturated heterocycles. The predicted octanol–water partition coefficient (Wildman–Crippen LogP) is 2.66. The summed E-state index contributed by atoms with van der Waals surface area (Å²) >= 11 is 0. The first-order chi connectivity index (χ1) is 18.2. The fourth-order valence-electron chi connectivity index (χ4n) is 4.79. The molecule has 12 heteroatoms. The van der Waals surface area contributed by atoms with Crippen LogP contribution in [0, 0.1) is 5.82 Å². The van der Waals surface area contributed by atoms with Gasteiger partial charge in [0.2, 0.25) is 11.5 Å². The number of imide groups is 1. The summed E-state index contributed by atoms with van der Waals surface area (Å²) in [6, 6.07) is 10.3. The molecule has 3 aromatic rings. The number of fused-ring (bicyclic) bond motifs is 2. The molecule has 1 fully saturated rings. The number of hydrogen-bond acceptors (Lipinski definition) is 6. The van der Waals surface area contributed by atoms with Gasteiger partial charge >= 0.3 is 12.1 Å². The Morgan fingerprint density at radius 3 is 2.63 bits per heavy atom. The summed E-state index contributed by atoms with van der Waals surface area (Å²) in [5, 5.41) is 9.26. The molecule has 0 unspecified atom stereocenters. The minimum absolute atomic E-state index is 0.0803. The van der Waals surface area contributed by atoms with Crippen LogP contribution in [-0.2, 0) is 39.9 Å². The summed E-state index contributed by atoms with van der Waals surface area (Å²) in [6.45, 7) is -0.460. The summed E-state index contributed by atoms with van der Waals surface area (Å²) in [7, 11) is 3.20. The van der Waals surface area contributed by atoms with Crippen LogP contribution < -0.4 is 15.5 Å². The third-order valence-electron chi connectivity index (χ3n) is 6.70. The van der Waals surface area contributed by atoms with Crippen molar-refractivity contribution in [1.29, 1.82) is 0 Å². The van der Waals surface area contributed by atoms with Crippen molar-refractivity contribution in [2.24, 2.45) is 7.05 Å². The summed E-state index contributed by atoms with van der Waals surface area (Å²) in [5.41, 5.74) is 1.43. The van der Waals surface area contributed by atoms with Gasteiger partial charge in [-0.05, 0) is 41.8 Å². The van der Waals surface area contributed by atoms with Crippen LogP contribution in [0.4, 0.5) is 25.4 Å². The van der Waals surface area contributed by atoms with Gasteiger partial charge in [0.05, 0.1) is 18.4 Å². The summed E-state index contributed by atoms with van der Waals surface area (Å²) in [5.74, 6) is -1.56. The standard InChI is InChI=1S/C26H25FN6O5/c1-28-24(36)30-19-7-8-21-17(11-19)9-10-26(21)23(35)33(25(37)38-26)15-22(34)32(20-12-29-31(2)14-20)13-16-3-5-18(27)6-4-16/h3-8,11-12,14H,9-10,13,15H2,1-2H3,(H2,28,30,36)/t26-/m1/s1. The minimum atomic E-state index is -1.52. The zero-order chi connectivity index (χ0) is 27.0. The average molecular weight is 521 g/mol. The van der Waals surface area contributed by atoms with E-state index in [4.69, 9.17) is 4.74 Å². The van der Waals surface area contributed by atoms with Crippen molar-refractivity contribution in [1.82, 2.24) is 20.0 Å². The molecule has 0 saturated carbocycles. The highest BCUT2D eigenvalue weighted by Crippen LogP contribution is 2.46. The normalized spacial score (nSPS) is 17.9. The molecule has 2 N–H and O–H groups in total. The molecule has 0 bridgehead atoms. The maximum absolute atomic E-state index is 13.6. The third-order valence-corrected chi connectivity index (χ3v) is 6.70. The van der Waals surface area contributed by atoms with Crippen molar-refractivity contribution in [3.8, 4) is 0 Å². The third kappa shape index (κ3) is 4.44. The van der Waals surface area contributed by atoms with Gasteiger partial charge in [0, 0.05) is 38.0 Å². The molecule has 1 aliphatic heterocycles. The Kier molecular flexibility index (Phi) is 6.31. The molecule has 0 radical (unpaired) electrons. The second-order valence-corrected chi connectivity index (χ2v) is 9.14. The minimum Gasteiger partial charge on any atom is -0.427 e. The number of urea groups is 1. The quantitative estimate of drug-likeness (QED) is 0.515. The zero-order valence-corrected chi connectivity index (χ0v) is 20.7. The first-order valence-electron chi connectivity index (χ1n) is 11.9. The van der Waals surface area contributed by atoms with E-state index in [1.54, 1.807) is 43.6 Å². The van der Waals surface area contributed by atoms with Crippen LogP contribution in [0.25, 0.3) is 0 Å². The van der Waals surface area contributed by atoms with E-state index in [1.165, 1.54) is 35.0 Å². The number of benzene rings is 2. The lowest BCUT2D eigenvalue weighted by atomic mass is 9.94. The SMILES string of the molecule is CNC(=O)Nc1ccc2c(c1)CC[C@@]21OC(=O)N(CC(=O)N(Cc2ccc(F)cc2)c2cnn(C)c2)C1=O. The van der Waals surface area contributed by atoms with E-state index in [0.29, 0.717) is 28.9 Å². The van der Waals surface area contributed by atoms with E-state index >= 15 is 0 Å². The second kappa shape index (κ2) is 9.61. The number of rotatable bonds is 6. The monoisotopic (exact) mass is 520 g/mol. The van der Waals surface area contributed by atoms with E-state index in [-0.39, 0.29) is 19.0 Å². The maximum Gasteiger partial charge on any atom is 0.418 e. The Labute approximate surface area is 217 Å². The van der Waals surface area contributed by atoms with Crippen molar-refractivity contribution in [3.63, 3.8) is 0 Å². The van der Waals surface area contributed by atoms with Gasteiger partial charge in [0.1, 0.15) is 12.4 Å². The van der Waals surface area contributed by atoms with E-state index in [2.05, 4.69) is 15.7 Å². The fraction of sp³-hybridized carbons (Fsp3) is 0.269. The number of carbonyl (C=O) groups excluding carboxylic acids is 4. The van der Waals surface area contributed by atoms with Crippen molar-refractivity contribution in [3.05, 3.63) is 77.4 Å². The Morgan fingerprint density at radius 2 is 1.95 bits per heavy atom. The number of anilines is 2. The topological polar surface area (TPSA) is 126 Å². The van der Waals surface area contributed by atoms with Crippen LogP contribution in [0.2, 0.25) is 0 Å². The van der Waals surface area contributed by atoms with Gasteiger partial charge in [-0.1, -0.05) is 18.2 Å². The number of amides is 5.